The van der Waals surface area contributed by atoms with E-state index >= 15 is 0 Å². The summed E-state index contributed by atoms with van der Waals surface area (Å²) < 4.78 is 1.75. The van der Waals surface area contributed by atoms with Gasteiger partial charge < -0.3 is 5.32 Å². The van der Waals surface area contributed by atoms with Crippen molar-refractivity contribution in [1.82, 2.24) is 34.9 Å². The molecule has 0 fully saturated rings. The molecule has 0 bridgehead atoms. The number of rotatable bonds is 5. The molecule has 0 spiro atoms. The lowest BCUT2D eigenvalue weighted by Gasteiger charge is -2.15. The Kier molecular flexibility index (Phi) is 4.08. The topological polar surface area (TPSA) is 97.2 Å². The van der Waals surface area contributed by atoms with Gasteiger partial charge in [-0.1, -0.05) is 0 Å². The molecule has 8 heteroatoms. The molecule has 8 nitrogen and oxygen atoms in total. The molecular formula is C18H20N8. The Bertz CT molecular complexity index is 1030. The zero-order chi connectivity index (χ0) is 18.1. The number of nitrogens with one attached hydrogen (secondary N) is 2. The molecule has 0 unspecified atom stereocenters. The first-order chi connectivity index (χ1) is 12.6. The van der Waals surface area contributed by atoms with E-state index < -0.39 is 0 Å². The highest BCUT2D eigenvalue weighted by atomic mass is 15.3. The maximum Gasteiger partial charge on any atom is 0.165 e. The van der Waals surface area contributed by atoms with Gasteiger partial charge in [0.05, 0.1) is 17.3 Å². The van der Waals surface area contributed by atoms with Crippen LogP contribution in [0, 0.1) is 6.92 Å². The van der Waals surface area contributed by atoms with Gasteiger partial charge in [0.2, 0.25) is 0 Å². The second kappa shape index (κ2) is 6.55. The summed E-state index contributed by atoms with van der Waals surface area (Å²) in [6.07, 6.45) is 6.07. The number of anilines is 1. The van der Waals surface area contributed by atoms with Crippen LogP contribution >= 0.6 is 0 Å². The maximum atomic E-state index is 4.73. The molecule has 132 valence electrons. The van der Waals surface area contributed by atoms with E-state index in [-0.39, 0.29) is 6.04 Å². The van der Waals surface area contributed by atoms with Crippen LogP contribution in [0.15, 0.2) is 36.8 Å². The second-order valence-corrected chi connectivity index (χ2v) is 6.43. The van der Waals surface area contributed by atoms with Crippen LogP contribution in [-0.2, 0) is 13.5 Å². The van der Waals surface area contributed by atoms with Gasteiger partial charge in [0.15, 0.2) is 11.5 Å². The summed E-state index contributed by atoms with van der Waals surface area (Å²) in [5, 5.41) is 16.0. The third kappa shape index (κ3) is 3.13. The van der Waals surface area contributed by atoms with Crippen LogP contribution in [0.2, 0.25) is 0 Å². The molecule has 4 aromatic heterocycles. The standard InChI is InChI=1S/C18H20N8/c1-11(7-14-8-12(2)24-25-14)21-17-15-10-20-26(3)18(15)23-16(22-17)13-5-4-6-19-9-13/h4-6,8-11H,7H2,1-3H3,(H,24,25)(H,21,22,23)/t11-/m0/s1. The molecule has 26 heavy (non-hydrogen) atoms. The minimum Gasteiger partial charge on any atom is -0.366 e. The van der Waals surface area contributed by atoms with E-state index in [1.807, 2.05) is 26.1 Å². The lowest BCUT2D eigenvalue weighted by Crippen LogP contribution is -2.19. The lowest BCUT2D eigenvalue weighted by molar-refractivity contribution is 0.760. The molecule has 1 atom stereocenters. The Morgan fingerprint density at radius 3 is 2.88 bits per heavy atom. The van der Waals surface area contributed by atoms with Gasteiger partial charge in [0.25, 0.3) is 0 Å². The van der Waals surface area contributed by atoms with E-state index in [1.165, 1.54) is 0 Å². The van der Waals surface area contributed by atoms with Gasteiger partial charge in [-0.05, 0) is 32.0 Å². The summed E-state index contributed by atoms with van der Waals surface area (Å²) in [5.74, 6) is 1.39. The zero-order valence-electron chi connectivity index (χ0n) is 14.9. The monoisotopic (exact) mass is 348 g/mol. The van der Waals surface area contributed by atoms with Crippen LogP contribution in [-0.4, -0.2) is 41.0 Å². The molecule has 0 saturated heterocycles. The summed E-state index contributed by atoms with van der Waals surface area (Å²) in [6, 6.07) is 6.03. The van der Waals surface area contributed by atoms with E-state index in [1.54, 1.807) is 23.3 Å². The molecule has 4 heterocycles. The van der Waals surface area contributed by atoms with E-state index in [9.17, 15) is 0 Å². The van der Waals surface area contributed by atoms with Crippen molar-refractivity contribution >= 4 is 16.9 Å². The highest BCUT2D eigenvalue weighted by Crippen LogP contribution is 2.25. The first-order valence-corrected chi connectivity index (χ1v) is 8.47. The average molecular weight is 348 g/mol. The first-order valence-electron chi connectivity index (χ1n) is 8.47. The second-order valence-electron chi connectivity index (χ2n) is 6.43. The normalized spacial score (nSPS) is 12.4. The minimum absolute atomic E-state index is 0.151. The van der Waals surface area contributed by atoms with E-state index in [0.717, 1.165) is 40.2 Å². The predicted octanol–water partition coefficient (Wildman–Crippen LogP) is 2.50. The maximum absolute atomic E-state index is 4.73. The van der Waals surface area contributed by atoms with Gasteiger partial charge >= 0.3 is 0 Å². The van der Waals surface area contributed by atoms with E-state index in [2.05, 4.69) is 43.6 Å². The molecule has 4 aromatic rings. The van der Waals surface area contributed by atoms with Crippen LogP contribution in [0.3, 0.4) is 0 Å². The SMILES string of the molecule is Cc1cc(C[C@H](C)Nc2nc(-c3cccnc3)nc3c2cnn3C)n[nH]1. The summed E-state index contributed by atoms with van der Waals surface area (Å²) in [6.45, 7) is 4.11. The first kappa shape index (κ1) is 16.2. The number of H-pyrrole nitrogens is 1. The number of fused-ring (bicyclic) bond motifs is 1. The van der Waals surface area contributed by atoms with Gasteiger partial charge in [0.1, 0.15) is 5.82 Å². The fourth-order valence-corrected chi connectivity index (χ4v) is 2.93. The Balaban J connectivity index is 1.69. The number of aromatic nitrogens is 7. The molecular weight excluding hydrogens is 328 g/mol. The highest BCUT2D eigenvalue weighted by molar-refractivity contribution is 5.88. The number of hydrogen-bond acceptors (Lipinski definition) is 6. The number of aryl methyl sites for hydroxylation is 2. The van der Waals surface area contributed by atoms with Crippen molar-refractivity contribution in [2.75, 3.05) is 5.32 Å². The van der Waals surface area contributed by atoms with Crippen molar-refractivity contribution in [3.8, 4) is 11.4 Å². The van der Waals surface area contributed by atoms with Crippen molar-refractivity contribution in [2.45, 2.75) is 26.3 Å². The Hall–Kier alpha value is -3.29. The van der Waals surface area contributed by atoms with Gasteiger partial charge in [0, 0.05) is 43.2 Å². The van der Waals surface area contributed by atoms with Crippen molar-refractivity contribution in [3.63, 3.8) is 0 Å². The van der Waals surface area contributed by atoms with Gasteiger partial charge in [-0.2, -0.15) is 10.2 Å². The van der Waals surface area contributed by atoms with Crippen molar-refractivity contribution in [3.05, 3.63) is 48.2 Å². The van der Waals surface area contributed by atoms with Crippen LogP contribution in [0.1, 0.15) is 18.3 Å². The third-order valence-electron chi connectivity index (χ3n) is 4.17. The Labute approximate surface area is 150 Å². The number of pyridine rings is 1. The number of nitrogens with zero attached hydrogens (tertiary/aromatic N) is 6. The lowest BCUT2D eigenvalue weighted by atomic mass is 10.1. The quantitative estimate of drug-likeness (QED) is 0.575. The molecule has 0 saturated carbocycles. The van der Waals surface area contributed by atoms with Crippen LogP contribution in [0.25, 0.3) is 22.4 Å². The minimum atomic E-state index is 0.151. The smallest absolute Gasteiger partial charge is 0.165 e. The van der Waals surface area contributed by atoms with Crippen LogP contribution in [0.5, 0.6) is 0 Å². The molecule has 0 radical (unpaired) electrons. The molecule has 0 aliphatic carbocycles. The largest absolute Gasteiger partial charge is 0.366 e. The molecule has 0 amide bonds. The van der Waals surface area contributed by atoms with Crippen molar-refractivity contribution in [2.24, 2.45) is 7.05 Å². The van der Waals surface area contributed by atoms with E-state index in [4.69, 9.17) is 4.98 Å². The fraction of sp³-hybridized carbons (Fsp3) is 0.278. The van der Waals surface area contributed by atoms with Crippen LogP contribution < -0.4 is 5.32 Å². The average Bonchev–Trinajstić information content (AvgIpc) is 3.21. The summed E-state index contributed by atoms with van der Waals surface area (Å²) >= 11 is 0. The molecule has 0 aromatic carbocycles. The van der Waals surface area contributed by atoms with Crippen LogP contribution in [0.4, 0.5) is 5.82 Å². The van der Waals surface area contributed by atoms with Crippen molar-refractivity contribution in [1.29, 1.82) is 0 Å². The van der Waals surface area contributed by atoms with Gasteiger partial charge in [-0.15, -0.1) is 0 Å². The Morgan fingerprint density at radius 2 is 2.15 bits per heavy atom. The number of aromatic amines is 1. The van der Waals surface area contributed by atoms with Crippen molar-refractivity contribution < 1.29 is 0 Å². The summed E-state index contributed by atoms with van der Waals surface area (Å²) in [5.41, 5.74) is 3.73. The molecule has 4 rings (SSSR count). The highest BCUT2D eigenvalue weighted by Gasteiger charge is 2.15. The predicted molar refractivity (Wildman–Crippen MR) is 99.6 cm³/mol. The molecule has 0 aliphatic heterocycles. The molecule has 0 aliphatic rings. The summed E-state index contributed by atoms with van der Waals surface area (Å²) in [7, 11) is 1.88. The summed E-state index contributed by atoms with van der Waals surface area (Å²) in [4.78, 5) is 13.5. The Morgan fingerprint density at radius 1 is 1.27 bits per heavy atom. The molecule has 2 N–H and O–H groups in total. The number of hydrogen-bond donors (Lipinski definition) is 2. The fourth-order valence-electron chi connectivity index (χ4n) is 2.93. The zero-order valence-corrected chi connectivity index (χ0v) is 14.9. The van der Waals surface area contributed by atoms with Gasteiger partial charge in [-0.25, -0.2) is 9.97 Å². The third-order valence-corrected chi connectivity index (χ3v) is 4.17. The van der Waals surface area contributed by atoms with E-state index in [0.29, 0.717) is 5.82 Å². The van der Waals surface area contributed by atoms with Gasteiger partial charge in [-0.3, -0.25) is 14.8 Å².